The van der Waals surface area contributed by atoms with Gasteiger partial charge in [-0.2, -0.15) is 5.10 Å². The Morgan fingerprint density at radius 1 is 1.50 bits per heavy atom. The van der Waals surface area contributed by atoms with Crippen molar-refractivity contribution in [2.24, 2.45) is 12.5 Å². The molecule has 0 aromatic carbocycles. The third-order valence-corrected chi connectivity index (χ3v) is 4.18. The van der Waals surface area contributed by atoms with Crippen molar-refractivity contribution >= 4 is 0 Å². The van der Waals surface area contributed by atoms with Gasteiger partial charge in [0.1, 0.15) is 0 Å². The summed E-state index contributed by atoms with van der Waals surface area (Å²) in [6.45, 7) is 4.05. The Labute approximate surface area is 96.0 Å². The molecule has 2 aliphatic rings. The van der Waals surface area contributed by atoms with Crippen LogP contribution in [-0.4, -0.2) is 36.1 Å². The van der Waals surface area contributed by atoms with Crippen molar-refractivity contribution in [3.63, 3.8) is 0 Å². The maximum atomic E-state index is 5.50. The Hall–Kier alpha value is -0.870. The summed E-state index contributed by atoms with van der Waals surface area (Å²) in [4.78, 5) is 0. The minimum atomic E-state index is 0.418. The van der Waals surface area contributed by atoms with Gasteiger partial charge in [0.05, 0.1) is 6.20 Å². The molecule has 2 aliphatic heterocycles. The molecule has 4 heteroatoms. The summed E-state index contributed by atoms with van der Waals surface area (Å²) in [7, 11) is 1.99. The lowest BCUT2D eigenvalue weighted by Gasteiger charge is -2.37. The Balaban J connectivity index is 1.88. The van der Waals surface area contributed by atoms with Crippen LogP contribution >= 0.6 is 0 Å². The van der Waals surface area contributed by atoms with E-state index >= 15 is 0 Å². The van der Waals surface area contributed by atoms with Crippen molar-refractivity contribution in [3.05, 3.63) is 18.0 Å². The smallest absolute Gasteiger partial charge is 0.0525 e. The molecule has 1 aromatic heterocycles. The molecule has 2 saturated heterocycles. The number of aryl methyl sites for hydroxylation is 1. The van der Waals surface area contributed by atoms with Crippen molar-refractivity contribution in [2.75, 3.05) is 26.3 Å². The molecule has 1 N–H and O–H groups in total. The van der Waals surface area contributed by atoms with Gasteiger partial charge in [-0.05, 0) is 23.8 Å². The first-order valence-corrected chi connectivity index (χ1v) is 6.07. The fourth-order valence-corrected chi connectivity index (χ4v) is 3.20. The molecule has 0 amide bonds. The molecule has 1 spiro atoms. The van der Waals surface area contributed by atoms with Gasteiger partial charge >= 0.3 is 0 Å². The van der Waals surface area contributed by atoms with E-state index in [2.05, 4.69) is 16.6 Å². The van der Waals surface area contributed by atoms with E-state index in [4.69, 9.17) is 4.74 Å². The fraction of sp³-hybridized carbons (Fsp3) is 0.750. The van der Waals surface area contributed by atoms with E-state index in [0.717, 1.165) is 26.3 Å². The second-order valence-electron chi connectivity index (χ2n) is 5.11. The van der Waals surface area contributed by atoms with Gasteiger partial charge < -0.3 is 10.1 Å². The van der Waals surface area contributed by atoms with Gasteiger partial charge in [-0.1, -0.05) is 0 Å². The van der Waals surface area contributed by atoms with E-state index in [1.54, 1.807) is 0 Å². The van der Waals surface area contributed by atoms with Gasteiger partial charge in [0.2, 0.25) is 0 Å². The van der Waals surface area contributed by atoms with Crippen LogP contribution in [0.25, 0.3) is 0 Å². The highest BCUT2D eigenvalue weighted by atomic mass is 16.5. The Morgan fingerprint density at radius 2 is 2.31 bits per heavy atom. The molecule has 2 fully saturated rings. The second-order valence-corrected chi connectivity index (χ2v) is 5.11. The quantitative estimate of drug-likeness (QED) is 0.766. The lowest BCUT2D eigenvalue weighted by Crippen LogP contribution is -2.35. The molecule has 3 heterocycles. The SMILES string of the molecule is Cn1cc([C@@H]2CNCC23CCOCC3)cn1. The highest BCUT2D eigenvalue weighted by Crippen LogP contribution is 2.46. The minimum Gasteiger partial charge on any atom is -0.381 e. The zero-order valence-corrected chi connectivity index (χ0v) is 9.78. The van der Waals surface area contributed by atoms with Crippen molar-refractivity contribution < 1.29 is 4.74 Å². The number of nitrogens with one attached hydrogen (secondary N) is 1. The van der Waals surface area contributed by atoms with Crippen molar-refractivity contribution in [3.8, 4) is 0 Å². The van der Waals surface area contributed by atoms with E-state index in [1.807, 2.05) is 17.9 Å². The van der Waals surface area contributed by atoms with Crippen molar-refractivity contribution in [1.29, 1.82) is 0 Å². The molecule has 3 rings (SSSR count). The molecular formula is C12H19N3O. The van der Waals surface area contributed by atoms with E-state index in [0.29, 0.717) is 11.3 Å². The summed E-state index contributed by atoms with van der Waals surface area (Å²) in [5.74, 6) is 0.616. The number of ether oxygens (including phenoxy) is 1. The molecule has 0 bridgehead atoms. The lowest BCUT2D eigenvalue weighted by molar-refractivity contribution is 0.0165. The zero-order chi connectivity index (χ0) is 11.0. The predicted octanol–water partition coefficient (Wildman–Crippen LogP) is 0.904. The molecule has 4 nitrogen and oxygen atoms in total. The molecule has 0 unspecified atom stereocenters. The van der Waals surface area contributed by atoms with Gasteiger partial charge in [0, 0.05) is 45.5 Å². The summed E-state index contributed by atoms with van der Waals surface area (Å²) in [6, 6.07) is 0. The lowest BCUT2D eigenvalue weighted by atomic mass is 9.70. The van der Waals surface area contributed by atoms with E-state index in [9.17, 15) is 0 Å². The first-order valence-electron chi connectivity index (χ1n) is 6.07. The number of hydrogen-bond acceptors (Lipinski definition) is 3. The first kappa shape index (κ1) is 10.3. The number of hydrogen-bond donors (Lipinski definition) is 1. The molecule has 1 atom stereocenters. The summed E-state index contributed by atoms with van der Waals surface area (Å²) < 4.78 is 7.40. The monoisotopic (exact) mass is 221 g/mol. The van der Waals surface area contributed by atoms with Gasteiger partial charge in [-0.15, -0.1) is 0 Å². The highest BCUT2D eigenvalue weighted by molar-refractivity contribution is 5.20. The third-order valence-electron chi connectivity index (χ3n) is 4.18. The third kappa shape index (κ3) is 1.57. The second kappa shape index (κ2) is 3.86. The molecular weight excluding hydrogens is 202 g/mol. The molecule has 1 aromatic rings. The zero-order valence-electron chi connectivity index (χ0n) is 9.78. The molecule has 16 heavy (non-hydrogen) atoms. The highest BCUT2D eigenvalue weighted by Gasteiger charge is 2.44. The Morgan fingerprint density at radius 3 is 3.00 bits per heavy atom. The van der Waals surface area contributed by atoms with Crippen molar-refractivity contribution in [2.45, 2.75) is 18.8 Å². The number of nitrogens with zero attached hydrogens (tertiary/aromatic N) is 2. The molecule has 0 aliphatic carbocycles. The van der Waals surface area contributed by atoms with Crippen LogP contribution in [0, 0.1) is 5.41 Å². The van der Waals surface area contributed by atoms with Crippen LogP contribution in [0.15, 0.2) is 12.4 Å². The fourth-order valence-electron chi connectivity index (χ4n) is 3.20. The average Bonchev–Trinajstić information content (AvgIpc) is 2.87. The van der Waals surface area contributed by atoms with Crippen LogP contribution < -0.4 is 5.32 Å². The predicted molar refractivity (Wildman–Crippen MR) is 61.3 cm³/mol. The summed E-state index contributed by atoms with van der Waals surface area (Å²) >= 11 is 0. The van der Waals surface area contributed by atoms with Gasteiger partial charge in [0.15, 0.2) is 0 Å². The molecule has 0 radical (unpaired) electrons. The average molecular weight is 221 g/mol. The topological polar surface area (TPSA) is 39.1 Å². The van der Waals surface area contributed by atoms with Crippen LogP contribution in [0.3, 0.4) is 0 Å². The van der Waals surface area contributed by atoms with E-state index in [1.165, 1.54) is 18.4 Å². The Kier molecular flexibility index (Phi) is 2.48. The van der Waals surface area contributed by atoms with Crippen LogP contribution in [0.2, 0.25) is 0 Å². The van der Waals surface area contributed by atoms with Gasteiger partial charge in [-0.25, -0.2) is 0 Å². The minimum absolute atomic E-state index is 0.418. The summed E-state index contributed by atoms with van der Waals surface area (Å²) in [6.07, 6.45) is 6.54. The number of aromatic nitrogens is 2. The largest absolute Gasteiger partial charge is 0.381 e. The summed E-state index contributed by atoms with van der Waals surface area (Å²) in [5.41, 5.74) is 1.80. The van der Waals surface area contributed by atoms with E-state index in [-0.39, 0.29) is 0 Å². The first-order chi connectivity index (χ1) is 7.80. The van der Waals surface area contributed by atoms with Crippen LogP contribution in [0.5, 0.6) is 0 Å². The van der Waals surface area contributed by atoms with Crippen LogP contribution in [0.4, 0.5) is 0 Å². The summed E-state index contributed by atoms with van der Waals surface area (Å²) in [5, 5.41) is 7.84. The Bertz CT molecular complexity index is 368. The van der Waals surface area contributed by atoms with E-state index < -0.39 is 0 Å². The molecule has 88 valence electrons. The van der Waals surface area contributed by atoms with Gasteiger partial charge in [0.25, 0.3) is 0 Å². The maximum absolute atomic E-state index is 5.50. The molecule has 0 saturated carbocycles. The van der Waals surface area contributed by atoms with Crippen LogP contribution in [0.1, 0.15) is 24.3 Å². The normalized spacial score (nSPS) is 28.7. The van der Waals surface area contributed by atoms with Crippen LogP contribution in [-0.2, 0) is 11.8 Å². The number of rotatable bonds is 1. The standard InChI is InChI=1S/C12H19N3O/c1-15-8-10(6-14-15)11-7-13-9-12(11)2-4-16-5-3-12/h6,8,11,13H,2-5,7,9H2,1H3/t11-/m0/s1. The van der Waals surface area contributed by atoms with Gasteiger partial charge in [-0.3, -0.25) is 4.68 Å². The maximum Gasteiger partial charge on any atom is 0.0525 e. The van der Waals surface area contributed by atoms with Crippen molar-refractivity contribution in [1.82, 2.24) is 15.1 Å².